The molecule has 1 aromatic carbocycles. The van der Waals surface area contributed by atoms with Crippen LogP contribution in [-0.4, -0.2) is 12.1 Å². The van der Waals surface area contributed by atoms with Crippen molar-refractivity contribution in [2.24, 2.45) is 0 Å². The maximum atomic E-state index is 5.26. The molecule has 1 heterocycles. The van der Waals surface area contributed by atoms with Crippen LogP contribution in [0.3, 0.4) is 0 Å². The lowest BCUT2D eigenvalue weighted by molar-refractivity contribution is 0.395. The van der Waals surface area contributed by atoms with E-state index in [-0.39, 0.29) is 0 Å². The molecular weight excluding hydrogens is 254 g/mol. The highest BCUT2D eigenvalue weighted by Crippen LogP contribution is 2.24. The molecule has 2 aromatic rings. The number of hydrogen-bond acceptors (Lipinski definition) is 2. The number of aryl methyl sites for hydroxylation is 1. The minimum Gasteiger partial charge on any atom is -0.481 e. The zero-order chi connectivity index (χ0) is 10.8. The summed E-state index contributed by atoms with van der Waals surface area (Å²) in [6, 6.07) is 8.21. The molecule has 78 valence electrons. The lowest BCUT2D eigenvalue weighted by Crippen LogP contribution is -1.94. The monoisotopic (exact) mass is 265 g/mol. The molecule has 0 aliphatic heterocycles. The summed E-state index contributed by atoms with van der Waals surface area (Å²) in [6.07, 6.45) is 0.933. The Balaban J connectivity index is 2.69. The van der Waals surface area contributed by atoms with Gasteiger partial charge in [0.05, 0.1) is 12.6 Å². The summed E-state index contributed by atoms with van der Waals surface area (Å²) < 4.78 is 6.29. The third kappa shape index (κ3) is 1.97. The Kier molecular flexibility index (Phi) is 2.91. The van der Waals surface area contributed by atoms with Crippen LogP contribution >= 0.6 is 15.9 Å². The molecule has 2 nitrogen and oxygen atoms in total. The van der Waals surface area contributed by atoms with Gasteiger partial charge in [0.25, 0.3) is 0 Å². The zero-order valence-corrected chi connectivity index (χ0v) is 10.3. The second-order valence-corrected chi connectivity index (χ2v) is 4.26. The minimum atomic E-state index is 0.725. The highest BCUT2D eigenvalue weighted by atomic mass is 79.9. The van der Waals surface area contributed by atoms with Gasteiger partial charge in [0.2, 0.25) is 5.88 Å². The molecule has 0 saturated carbocycles. The molecule has 0 aliphatic rings. The van der Waals surface area contributed by atoms with Crippen LogP contribution in [0.15, 0.2) is 28.7 Å². The first-order valence-corrected chi connectivity index (χ1v) is 5.67. The van der Waals surface area contributed by atoms with Crippen molar-refractivity contribution in [3.8, 4) is 5.88 Å². The highest BCUT2D eigenvalue weighted by molar-refractivity contribution is 9.10. The number of halogens is 1. The molecule has 0 aliphatic carbocycles. The zero-order valence-electron chi connectivity index (χ0n) is 8.75. The van der Waals surface area contributed by atoms with E-state index in [4.69, 9.17) is 4.74 Å². The summed E-state index contributed by atoms with van der Waals surface area (Å²) >= 11 is 3.43. The van der Waals surface area contributed by atoms with Crippen LogP contribution in [-0.2, 0) is 6.42 Å². The summed E-state index contributed by atoms with van der Waals surface area (Å²) in [7, 11) is 1.66. The molecule has 2 rings (SSSR count). The van der Waals surface area contributed by atoms with Gasteiger partial charge in [0.15, 0.2) is 0 Å². The lowest BCUT2D eigenvalue weighted by atomic mass is 10.1. The van der Waals surface area contributed by atoms with Crippen LogP contribution in [0.1, 0.15) is 12.5 Å². The van der Waals surface area contributed by atoms with E-state index in [1.165, 1.54) is 0 Å². The molecule has 0 atom stereocenters. The van der Waals surface area contributed by atoms with Crippen LogP contribution in [0.25, 0.3) is 10.9 Å². The van der Waals surface area contributed by atoms with Gasteiger partial charge in [-0.3, -0.25) is 0 Å². The average molecular weight is 266 g/mol. The van der Waals surface area contributed by atoms with Crippen molar-refractivity contribution in [1.82, 2.24) is 4.98 Å². The molecule has 1 aromatic heterocycles. The lowest BCUT2D eigenvalue weighted by Gasteiger charge is -2.07. The molecule has 3 heteroatoms. The fourth-order valence-electron chi connectivity index (χ4n) is 1.60. The Bertz CT molecular complexity index is 496. The van der Waals surface area contributed by atoms with E-state index in [0.717, 1.165) is 33.2 Å². The Morgan fingerprint density at radius 3 is 2.80 bits per heavy atom. The van der Waals surface area contributed by atoms with Gasteiger partial charge < -0.3 is 4.74 Å². The van der Waals surface area contributed by atoms with E-state index in [1.807, 2.05) is 12.1 Å². The summed E-state index contributed by atoms with van der Waals surface area (Å²) in [6.45, 7) is 2.10. The third-order valence-corrected chi connectivity index (χ3v) is 2.89. The third-order valence-electron chi connectivity index (χ3n) is 2.39. The second kappa shape index (κ2) is 4.19. The Morgan fingerprint density at radius 1 is 1.33 bits per heavy atom. The first-order chi connectivity index (χ1) is 7.24. The van der Waals surface area contributed by atoms with E-state index in [2.05, 4.69) is 40.0 Å². The summed E-state index contributed by atoms with van der Waals surface area (Å²) in [5.41, 5.74) is 2.10. The molecule has 0 bridgehead atoms. The van der Waals surface area contributed by atoms with Gasteiger partial charge in [0.1, 0.15) is 0 Å². The van der Waals surface area contributed by atoms with Gasteiger partial charge in [-0.05, 0) is 24.6 Å². The van der Waals surface area contributed by atoms with E-state index in [1.54, 1.807) is 7.11 Å². The molecule has 0 fully saturated rings. The van der Waals surface area contributed by atoms with Crippen LogP contribution in [0, 0.1) is 0 Å². The van der Waals surface area contributed by atoms with Crippen LogP contribution < -0.4 is 4.74 Å². The minimum absolute atomic E-state index is 0.725. The fourth-order valence-corrected chi connectivity index (χ4v) is 1.95. The van der Waals surface area contributed by atoms with Crippen molar-refractivity contribution >= 4 is 26.8 Å². The van der Waals surface area contributed by atoms with Gasteiger partial charge >= 0.3 is 0 Å². The first-order valence-electron chi connectivity index (χ1n) is 4.87. The molecule has 0 spiro atoms. The molecular formula is C12H12BrNO. The van der Waals surface area contributed by atoms with Crippen molar-refractivity contribution in [3.05, 3.63) is 34.3 Å². The molecule has 15 heavy (non-hydrogen) atoms. The van der Waals surface area contributed by atoms with Gasteiger partial charge in [-0.25, -0.2) is 4.98 Å². The number of ether oxygens (including phenoxy) is 1. The predicted octanol–water partition coefficient (Wildman–Crippen LogP) is 3.57. The fraction of sp³-hybridized carbons (Fsp3) is 0.250. The SMILES string of the molecule is CCc1cc2ccc(Br)cc2nc1OC. The molecule has 0 amide bonds. The van der Waals surface area contributed by atoms with E-state index in [0.29, 0.717) is 0 Å². The van der Waals surface area contributed by atoms with Crippen molar-refractivity contribution in [2.45, 2.75) is 13.3 Å². The smallest absolute Gasteiger partial charge is 0.216 e. The second-order valence-electron chi connectivity index (χ2n) is 3.35. The number of nitrogens with zero attached hydrogens (tertiary/aromatic N) is 1. The van der Waals surface area contributed by atoms with Crippen LogP contribution in [0.5, 0.6) is 5.88 Å². The maximum Gasteiger partial charge on any atom is 0.216 e. The van der Waals surface area contributed by atoms with Crippen LogP contribution in [0.2, 0.25) is 0 Å². The van der Waals surface area contributed by atoms with E-state index < -0.39 is 0 Å². The normalized spacial score (nSPS) is 10.6. The average Bonchev–Trinajstić information content (AvgIpc) is 2.27. The standard InChI is InChI=1S/C12H12BrNO/c1-3-8-6-9-4-5-10(13)7-11(9)14-12(8)15-2/h4-7H,3H2,1-2H3. The number of benzene rings is 1. The first kappa shape index (κ1) is 10.4. The van der Waals surface area contributed by atoms with Gasteiger partial charge in [0, 0.05) is 15.4 Å². The largest absolute Gasteiger partial charge is 0.481 e. The predicted molar refractivity (Wildman–Crippen MR) is 65.4 cm³/mol. The number of hydrogen-bond donors (Lipinski definition) is 0. The molecule has 0 radical (unpaired) electrons. The number of aromatic nitrogens is 1. The Hall–Kier alpha value is -1.09. The van der Waals surface area contributed by atoms with Gasteiger partial charge in [-0.2, -0.15) is 0 Å². The number of rotatable bonds is 2. The van der Waals surface area contributed by atoms with Crippen molar-refractivity contribution < 1.29 is 4.74 Å². The molecule has 0 N–H and O–H groups in total. The van der Waals surface area contributed by atoms with Gasteiger partial charge in [-0.15, -0.1) is 0 Å². The summed E-state index contributed by atoms with van der Waals surface area (Å²) in [4.78, 5) is 4.47. The van der Waals surface area contributed by atoms with E-state index in [9.17, 15) is 0 Å². The molecule has 0 saturated heterocycles. The molecule has 0 unspecified atom stereocenters. The maximum absolute atomic E-state index is 5.26. The quantitative estimate of drug-likeness (QED) is 0.829. The van der Waals surface area contributed by atoms with Crippen LogP contribution in [0.4, 0.5) is 0 Å². The van der Waals surface area contributed by atoms with Crippen molar-refractivity contribution in [2.75, 3.05) is 7.11 Å². The highest BCUT2D eigenvalue weighted by Gasteiger charge is 2.05. The number of methoxy groups -OCH3 is 1. The number of pyridine rings is 1. The van der Waals surface area contributed by atoms with E-state index >= 15 is 0 Å². The van der Waals surface area contributed by atoms with Gasteiger partial charge in [-0.1, -0.05) is 28.9 Å². The summed E-state index contributed by atoms with van der Waals surface area (Å²) in [5.74, 6) is 0.725. The Labute approximate surface area is 97.4 Å². The Morgan fingerprint density at radius 2 is 2.13 bits per heavy atom. The van der Waals surface area contributed by atoms with Crippen molar-refractivity contribution in [1.29, 1.82) is 0 Å². The topological polar surface area (TPSA) is 22.1 Å². The summed E-state index contributed by atoms with van der Waals surface area (Å²) in [5, 5.41) is 1.15. The number of fused-ring (bicyclic) bond motifs is 1. The van der Waals surface area contributed by atoms with Crippen molar-refractivity contribution in [3.63, 3.8) is 0 Å².